The second kappa shape index (κ2) is 4.24. The first kappa shape index (κ1) is 10.0. The maximum Gasteiger partial charge on any atom is 0.0291 e. The second-order valence-corrected chi connectivity index (χ2v) is 4.47. The highest BCUT2D eigenvalue weighted by Gasteiger charge is 2.02. The Morgan fingerprint density at radius 3 is 2.08 bits per heavy atom. The van der Waals surface area contributed by atoms with Crippen molar-refractivity contribution in [1.82, 2.24) is 0 Å². The van der Waals surface area contributed by atoms with Crippen LogP contribution in [0.3, 0.4) is 0 Å². The molecule has 1 aromatic rings. The molecule has 0 aliphatic rings. The smallest absolute Gasteiger partial charge is 0.0291 e. The van der Waals surface area contributed by atoms with Gasteiger partial charge in [0.2, 0.25) is 0 Å². The van der Waals surface area contributed by atoms with E-state index in [9.17, 15) is 0 Å². The molecule has 0 aromatic heterocycles. The summed E-state index contributed by atoms with van der Waals surface area (Å²) in [6, 6.07) is 4.46. The average Bonchev–Trinajstić information content (AvgIpc) is 1.96. The Bertz CT molecular complexity index is 256. The Balaban J connectivity index is 3.10. The lowest BCUT2D eigenvalue weighted by molar-refractivity contribution is 1.22. The van der Waals surface area contributed by atoms with Gasteiger partial charge in [-0.25, -0.2) is 0 Å². The number of hydrogen-bond acceptors (Lipinski definition) is 2. The van der Waals surface area contributed by atoms with Crippen LogP contribution in [0.2, 0.25) is 0 Å². The van der Waals surface area contributed by atoms with Gasteiger partial charge in [-0.1, -0.05) is 28.5 Å². The highest BCUT2D eigenvalue weighted by atomic mass is 33.1. The molecule has 0 aliphatic carbocycles. The van der Waals surface area contributed by atoms with Gasteiger partial charge in [-0.2, -0.15) is 0 Å². The molecule has 0 N–H and O–H groups in total. The summed E-state index contributed by atoms with van der Waals surface area (Å²) in [5.41, 5.74) is 5.54. The Morgan fingerprint density at radius 2 is 1.67 bits per heavy atom. The monoisotopic (exact) mass is 198 g/mol. The summed E-state index contributed by atoms with van der Waals surface area (Å²) in [5, 5.41) is 0. The molecular formula is C10H14S2. The number of rotatable bonds is 2. The lowest BCUT2D eigenvalue weighted by Gasteiger charge is -2.08. The highest BCUT2D eigenvalue weighted by Crippen LogP contribution is 2.22. The Hall–Kier alpha value is -0.0800. The van der Waals surface area contributed by atoms with E-state index in [0.29, 0.717) is 0 Å². The summed E-state index contributed by atoms with van der Waals surface area (Å²) in [4.78, 5) is 0. The van der Waals surface area contributed by atoms with Crippen LogP contribution in [-0.4, -0.2) is 0 Å². The molecular weight excluding hydrogens is 184 g/mol. The quantitative estimate of drug-likeness (QED) is 0.558. The van der Waals surface area contributed by atoms with E-state index in [1.807, 2.05) is 0 Å². The molecule has 12 heavy (non-hydrogen) atoms. The molecule has 0 bridgehead atoms. The molecule has 0 atom stereocenters. The van der Waals surface area contributed by atoms with E-state index in [2.05, 4.69) is 44.6 Å². The van der Waals surface area contributed by atoms with Crippen molar-refractivity contribution >= 4 is 22.5 Å². The lowest BCUT2D eigenvalue weighted by atomic mass is 10.0. The predicted molar refractivity (Wildman–Crippen MR) is 60.9 cm³/mol. The van der Waals surface area contributed by atoms with Crippen molar-refractivity contribution in [2.24, 2.45) is 0 Å². The van der Waals surface area contributed by atoms with E-state index in [4.69, 9.17) is 0 Å². The molecule has 1 rings (SSSR count). The van der Waals surface area contributed by atoms with E-state index in [1.165, 1.54) is 22.3 Å². The third kappa shape index (κ3) is 2.20. The van der Waals surface area contributed by atoms with E-state index in [1.54, 1.807) is 10.8 Å². The van der Waals surface area contributed by atoms with E-state index >= 15 is 0 Å². The van der Waals surface area contributed by atoms with Crippen LogP contribution >= 0.6 is 22.5 Å². The second-order valence-electron chi connectivity index (χ2n) is 3.15. The number of hydrogen-bond donors (Lipinski definition) is 1. The fourth-order valence-electron chi connectivity index (χ4n) is 1.50. The van der Waals surface area contributed by atoms with Gasteiger partial charge in [-0.15, -0.1) is 11.7 Å². The molecule has 1 aromatic carbocycles. The SMILES string of the molecule is Cc1cc(C)c(CSS)c(C)c1. The third-order valence-electron chi connectivity index (χ3n) is 2.05. The maximum atomic E-state index is 4.17. The average molecular weight is 198 g/mol. The van der Waals surface area contributed by atoms with Crippen LogP contribution in [0.1, 0.15) is 22.3 Å². The van der Waals surface area contributed by atoms with Gasteiger partial charge in [0.25, 0.3) is 0 Å². The van der Waals surface area contributed by atoms with Gasteiger partial charge < -0.3 is 0 Å². The molecule has 0 radical (unpaired) electrons. The first-order valence-corrected chi connectivity index (χ1v) is 6.02. The Morgan fingerprint density at radius 1 is 1.17 bits per heavy atom. The number of thiol groups is 1. The number of benzene rings is 1. The summed E-state index contributed by atoms with van der Waals surface area (Å²) >= 11 is 4.17. The summed E-state index contributed by atoms with van der Waals surface area (Å²) in [6.45, 7) is 6.47. The van der Waals surface area contributed by atoms with Crippen molar-refractivity contribution in [3.8, 4) is 0 Å². The van der Waals surface area contributed by atoms with Crippen molar-refractivity contribution in [3.05, 3.63) is 34.4 Å². The van der Waals surface area contributed by atoms with Gasteiger partial charge in [0.05, 0.1) is 0 Å². The molecule has 0 heterocycles. The summed E-state index contributed by atoms with van der Waals surface area (Å²) < 4.78 is 0. The normalized spacial score (nSPS) is 10.3. The topological polar surface area (TPSA) is 0 Å². The van der Waals surface area contributed by atoms with E-state index in [-0.39, 0.29) is 0 Å². The first-order chi connectivity index (χ1) is 5.65. The van der Waals surface area contributed by atoms with Crippen LogP contribution in [0.5, 0.6) is 0 Å². The molecule has 0 fully saturated rings. The summed E-state index contributed by atoms with van der Waals surface area (Å²) in [5.74, 6) is 1.00. The minimum atomic E-state index is 1.00. The molecule has 0 amide bonds. The summed E-state index contributed by atoms with van der Waals surface area (Å²) in [7, 11) is 1.58. The van der Waals surface area contributed by atoms with Crippen molar-refractivity contribution in [2.45, 2.75) is 26.5 Å². The fourth-order valence-corrected chi connectivity index (χ4v) is 2.47. The van der Waals surface area contributed by atoms with Crippen LogP contribution < -0.4 is 0 Å². The van der Waals surface area contributed by atoms with Crippen molar-refractivity contribution in [1.29, 1.82) is 0 Å². The van der Waals surface area contributed by atoms with Crippen molar-refractivity contribution in [2.75, 3.05) is 0 Å². The van der Waals surface area contributed by atoms with Crippen LogP contribution in [0.25, 0.3) is 0 Å². The summed E-state index contributed by atoms with van der Waals surface area (Å²) in [6.07, 6.45) is 0. The van der Waals surface area contributed by atoms with Gasteiger partial charge in [0.1, 0.15) is 0 Å². The molecule has 66 valence electrons. The molecule has 0 aliphatic heterocycles. The van der Waals surface area contributed by atoms with Crippen molar-refractivity contribution < 1.29 is 0 Å². The van der Waals surface area contributed by atoms with Crippen LogP contribution in [0, 0.1) is 20.8 Å². The first-order valence-electron chi connectivity index (χ1n) is 3.98. The zero-order valence-electron chi connectivity index (χ0n) is 7.72. The highest BCUT2D eigenvalue weighted by molar-refractivity contribution is 8.68. The molecule has 0 unspecified atom stereocenters. The van der Waals surface area contributed by atoms with Crippen molar-refractivity contribution in [3.63, 3.8) is 0 Å². The minimum Gasteiger partial charge on any atom is -0.111 e. The lowest BCUT2D eigenvalue weighted by Crippen LogP contribution is -1.91. The zero-order valence-corrected chi connectivity index (χ0v) is 9.43. The van der Waals surface area contributed by atoms with Crippen LogP contribution in [0.15, 0.2) is 12.1 Å². The Labute approximate surface area is 83.6 Å². The van der Waals surface area contributed by atoms with Gasteiger partial charge >= 0.3 is 0 Å². The number of aryl methyl sites for hydroxylation is 3. The van der Waals surface area contributed by atoms with Crippen LogP contribution in [-0.2, 0) is 5.75 Å². The molecule has 0 spiro atoms. The fraction of sp³-hybridized carbons (Fsp3) is 0.400. The van der Waals surface area contributed by atoms with Gasteiger partial charge in [-0.3, -0.25) is 0 Å². The van der Waals surface area contributed by atoms with E-state index in [0.717, 1.165) is 5.75 Å². The Kier molecular flexibility index (Phi) is 3.53. The standard InChI is InChI=1S/C10H14S2/c1-7-4-8(2)10(6-12-11)9(3)5-7/h4-5,11H,6H2,1-3H3. The third-order valence-corrected chi connectivity index (χ3v) is 2.85. The van der Waals surface area contributed by atoms with E-state index < -0.39 is 0 Å². The zero-order chi connectivity index (χ0) is 9.14. The largest absolute Gasteiger partial charge is 0.111 e. The predicted octanol–water partition coefficient (Wildman–Crippen LogP) is 3.69. The molecule has 2 heteroatoms. The maximum absolute atomic E-state index is 4.17. The van der Waals surface area contributed by atoms with Gasteiger partial charge in [-0.05, 0) is 37.5 Å². The van der Waals surface area contributed by atoms with Crippen LogP contribution in [0.4, 0.5) is 0 Å². The molecule has 0 saturated heterocycles. The van der Waals surface area contributed by atoms with Gasteiger partial charge in [0.15, 0.2) is 0 Å². The molecule has 0 nitrogen and oxygen atoms in total. The minimum absolute atomic E-state index is 1.00. The molecule has 0 saturated carbocycles. The van der Waals surface area contributed by atoms with Gasteiger partial charge in [0, 0.05) is 5.75 Å².